The maximum atomic E-state index is 6.25. The fraction of sp³-hybridized carbons (Fsp3) is 0.909. The second-order valence-electron chi connectivity index (χ2n) is 10.0. The third-order valence-electron chi connectivity index (χ3n) is 5.75. The van der Waals surface area contributed by atoms with Crippen LogP contribution in [0.15, 0.2) is 11.8 Å². The quantitative estimate of drug-likeness (QED) is 0.216. The van der Waals surface area contributed by atoms with Crippen LogP contribution in [0.4, 0.5) is 0 Å². The third kappa shape index (κ3) is 13.0. The van der Waals surface area contributed by atoms with Crippen LogP contribution in [-0.2, 0) is 4.43 Å². The van der Waals surface area contributed by atoms with E-state index in [-0.39, 0.29) is 0 Å². The number of hydrogen-bond acceptors (Lipinski definition) is 1. The highest BCUT2D eigenvalue weighted by molar-refractivity contribution is 6.82. The van der Waals surface area contributed by atoms with Gasteiger partial charge in [0.2, 0.25) is 0 Å². The first-order valence-electron chi connectivity index (χ1n) is 10.8. The van der Waals surface area contributed by atoms with Gasteiger partial charge in [-0.25, -0.2) is 0 Å². The van der Waals surface area contributed by atoms with Crippen LogP contribution in [0.1, 0.15) is 85.5 Å². The first kappa shape index (κ1) is 25.1. The molecular weight excluding hydrogens is 336 g/mol. The van der Waals surface area contributed by atoms with Gasteiger partial charge in [0.1, 0.15) is 0 Å². The second-order valence-corrected chi connectivity index (χ2v) is 19.6. The minimum atomic E-state index is -1.52. The molecule has 0 aliphatic heterocycles. The van der Waals surface area contributed by atoms with Crippen molar-refractivity contribution in [2.24, 2.45) is 0 Å². The summed E-state index contributed by atoms with van der Waals surface area (Å²) in [5.41, 5.74) is 2.57. The Morgan fingerprint density at radius 2 is 1.32 bits per heavy atom. The standard InChI is InChI=1S/C22H48OSi2/c1-9-20-24(5,6)21-18-16-14-12-10-11-13-15-17-19-23-25(7,8)22(2,3)4/h18,21H,9-17,19-20H2,1-8H3/b21-18+. The van der Waals surface area contributed by atoms with Gasteiger partial charge < -0.3 is 4.43 Å². The zero-order valence-electron chi connectivity index (χ0n) is 18.8. The predicted octanol–water partition coefficient (Wildman–Crippen LogP) is 8.34. The minimum Gasteiger partial charge on any atom is -0.417 e. The highest BCUT2D eigenvalue weighted by Gasteiger charge is 2.36. The van der Waals surface area contributed by atoms with E-state index in [1.807, 2.05) is 0 Å². The molecule has 3 heteroatoms. The summed E-state index contributed by atoms with van der Waals surface area (Å²) in [4.78, 5) is 0. The Labute approximate surface area is 162 Å². The molecule has 0 aromatic heterocycles. The van der Waals surface area contributed by atoms with Crippen molar-refractivity contribution < 1.29 is 4.43 Å². The molecule has 0 aliphatic rings. The fourth-order valence-electron chi connectivity index (χ4n) is 2.92. The Kier molecular flexibility index (Phi) is 12.6. The zero-order chi connectivity index (χ0) is 19.4. The van der Waals surface area contributed by atoms with Crippen LogP contribution in [0.3, 0.4) is 0 Å². The van der Waals surface area contributed by atoms with Crippen LogP contribution < -0.4 is 0 Å². The molecule has 0 heterocycles. The zero-order valence-corrected chi connectivity index (χ0v) is 20.8. The van der Waals surface area contributed by atoms with Gasteiger partial charge in [-0.05, 0) is 37.4 Å². The van der Waals surface area contributed by atoms with Crippen LogP contribution in [0.25, 0.3) is 0 Å². The number of hydrogen-bond donors (Lipinski definition) is 0. The lowest BCUT2D eigenvalue weighted by molar-refractivity contribution is 0.277. The van der Waals surface area contributed by atoms with Crippen molar-refractivity contribution in [3.05, 3.63) is 11.8 Å². The molecule has 0 spiro atoms. The van der Waals surface area contributed by atoms with Crippen LogP contribution in [0, 0.1) is 0 Å². The molecule has 0 radical (unpaired) electrons. The van der Waals surface area contributed by atoms with E-state index in [4.69, 9.17) is 4.43 Å². The molecule has 0 aromatic carbocycles. The van der Waals surface area contributed by atoms with Gasteiger partial charge in [-0.15, -0.1) is 0 Å². The lowest BCUT2D eigenvalue weighted by Gasteiger charge is -2.36. The third-order valence-corrected chi connectivity index (χ3v) is 13.2. The highest BCUT2D eigenvalue weighted by Crippen LogP contribution is 2.36. The maximum absolute atomic E-state index is 6.25. The second kappa shape index (κ2) is 12.5. The van der Waals surface area contributed by atoms with E-state index in [0.29, 0.717) is 5.04 Å². The van der Waals surface area contributed by atoms with Gasteiger partial charge in [-0.2, -0.15) is 0 Å². The van der Waals surface area contributed by atoms with Gasteiger partial charge in [0, 0.05) is 6.61 Å². The summed E-state index contributed by atoms with van der Waals surface area (Å²) in [7, 11) is -2.53. The van der Waals surface area contributed by atoms with E-state index < -0.39 is 16.4 Å². The molecule has 150 valence electrons. The van der Waals surface area contributed by atoms with E-state index in [9.17, 15) is 0 Å². The molecule has 0 N–H and O–H groups in total. The fourth-order valence-corrected chi connectivity index (χ4v) is 6.27. The van der Waals surface area contributed by atoms with Gasteiger partial charge in [-0.1, -0.05) is 97.1 Å². The van der Waals surface area contributed by atoms with Gasteiger partial charge >= 0.3 is 0 Å². The largest absolute Gasteiger partial charge is 0.417 e. The van der Waals surface area contributed by atoms with Crippen molar-refractivity contribution in [2.45, 2.75) is 123 Å². The average molecular weight is 385 g/mol. The molecule has 0 fully saturated rings. The molecule has 0 aromatic rings. The summed E-state index contributed by atoms with van der Waals surface area (Å²) in [6.07, 6.45) is 14.7. The van der Waals surface area contributed by atoms with E-state index in [0.717, 1.165) is 6.61 Å². The summed E-state index contributed by atoms with van der Waals surface area (Å²) in [6, 6.07) is 1.43. The molecule has 0 amide bonds. The molecule has 0 saturated carbocycles. The molecular formula is C22H48OSi2. The van der Waals surface area contributed by atoms with Crippen molar-refractivity contribution in [1.82, 2.24) is 0 Å². The highest BCUT2D eigenvalue weighted by atomic mass is 28.4. The average Bonchev–Trinajstić information content (AvgIpc) is 2.47. The summed E-state index contributed by atoms with van der Waals surface area (Å²) in [6.45, 7) is 19.9. The molecule has 25 heavy (non-hydrogen) atoms. The maximum Gasteiger partial charge on any atom is 0.191 e. The van der Waals surface area contributed by atoms with Crippen molar-refractivity contribution in [3.63, 3.8) is 0 Å². The molecule has 0 atom stereocenters. The number of unbranched alkanes of at least 4 members (excludes halogenated alkanes) is 7. The van der Waals surface area contributed by atoms with Crippen molar-refractivity contribution in [3.8, 4) is 0 Å². The minimum absolute atomic E-state index is 0.343. The first-order chi connectivity index (χ1) is 11.5. The van der Waals surface area contributed by atoms with Crippen LogP contribution in [0.5, 0.6) is 0 Å². The smallest absolute Gasteiger partial charge is 0.191 e. The molecule has 0 aliphatic carbocycles. The monoisotopic (exact) mass is 384 g/mol. The molecule has 0 unspecified atom stereocenters. The number of allylic oxidation sites excluding steroid dienone is 1. The molecule has 0 rings (SSSR count). The Hall–Kier alpha value is 0.134. The normalized spacial score (nSPS) is 13.8. The van der Waals surface area contributed by atoms with Gasteiger partial charge in [0.05, 0.1) is 8.07 Å². The molecule has 0 saturated heterocycles. The van der Waals surface area contributed by atoms with Gasteiger partial charge in [0.15, 0.2) is 8.32 Å². The summed E-state index contributed by atoms with van der Waals surface area (Å²) in [5.74, 6) is 0. The molecule has 1 nitrogen and oxygen atoms in total. The van der Waals surface area contributed by atoms with Crippen molar-refractivity contribution in [1.29, 1.82) is 0 Å². The Morgan fingerprint density at radius 3 is 1.84 bits per heavy atom. The van der Waals surface area contributed by atoms with Crippen LogP contribution >= 0.6 is 0 Å². The van der Waals surface area contributed by atoms with Crippen molar-refractivity contribution in [2.75, 3.05) is 6.61 Å². The summed E-state index contributed by atoms with van der Waals surface area (Å²) >= 11 is 0. The Bertz CT molecular complexity index is 354. The Morgan fingerprint density at radius 1 is 0.800 bits per heavy atom. The lowest BCUT2D eigenvalue weighted by Crippen LogP contribution is -2.40. The van der Waals surface area contributed by atoms with E-state index in [1.165, 1.54) is 63.8 Å². The SMILES string of the molecule is CCC[Si](C)(C)/C=C/CCCCCCCCCO[Si](C)(C)C(C)(C)C. The Balaban J connectivity index is 3.50. The predicted molar refractivity (Wildman–Crippen MR) is 122 cm³/mol. The number of rotatable bonds is 14. The lowest BCUT2D eigenvalue weighted by atomic mass is 10.1. The van der Waals surface area contributed by atoms with Crippen LogP contribution in [0.2, 0.25) is 37.3 Å². The summed E-state index contributed by atoms with van der Waals surface area (Å²) in [5, 5.41) is 0.343. The molecule has 0 bridgehead atoms. The van der Waals surface area contributed by atoms with E-state index in [1.54, 1.807) is 0 Å². The van der Waals surface area contributed by atoms with E-state index >= 15 is 0 Å². The summed E-state index contributed by atoms with van der Waals surface area (Å²) < 4.78 is 6.25. The van der Waals surface area contributed by atoms with E-state index in [2.05, 4.69) is 65.7 Å². The van der Waals surface area contributed by atoms with Gasteiger partial charge in [-0.3, -0.25) is 0 Å². The topological polar surface area (TPSA) is 9.23 Å². The van der Waals surface area contributed by atoms with Crippen molar-refractivity contribution >= 4 is 16.4 Å². The first-order valence-corrected chi connectivity index (χ1v) is 17.0. The van der Waals surface area contributed by atoms with Gasteiger partial charge in [0.25, 0.3) is 0 Å². The van der Waals surface area contributed by atoms with Crippen LogP contribution in [-0.4, -0.2) is 23.0 Å².